The van der Waals surface area contributed by atoms with Gasteiger partial charge < -0.3 is 11.1 Å². The van der Waals surface area contributed by atoms with Crippen LogP contribution in [0.25, 0.3) is 0 Å². The molecule has 0 aliphatic rings. The zero-order chi connectivity index (χ0) is 14.1. The number of hydrogen-bond donors (Lipinski definition) is 2. The number of primary amides is 1. The van der Waals surface area contributed by atoms with Crippen molar-refractivity contribution in [3.63, 3.8) is 0 Å². The normalized spacial score (nSPS) is 10.4. The molecule has 1 amide bonds. The first-order valence-corrected chi connectivity index (χ1v) is 7.29. The second-order valence-electron chi connectivity index (χ2n) is 5.09. The van der Waals surface area contributed by atoms with Crippen molar-refractivity contribution in [3.8, 4) is 0 Å². The number of nitrogens with two attached hydrogens (primary N) is 1. The lowest BCUT2D eigenvalue weighted by atomic mass is 10.1. The molecule has 3 heteroatoms. The Balaban J connectivity index is 2.28. The fourth-order valence-electron chi connectivity index (χ4n) is 2.14. The lowest BCUT2D eigenvalue weighted by molar-refractivity contribution is 0.1000. The molecule has 1 aromatic rings. The van der Waals surface area contributed by atoms with Crippen LogP contribution in [0.3, 0.4) is 0 Å². The molecule has 0 fully saturated rings. The SMILES string of the molecule is CCCCCCCCNc1ccc(C(N)=O)cc1C. The molecule has 0 saturated carbocycles. The second kappa shape index (κ2) is 8.57. The van der Waals surface area contributed by atoms with Gasteiger partial charge in [0.05, 0.1) is 0 Å². The van der Waals surface area contributed by atoms with Gasteiger partial charge >= 0.3 is 0 Å². The lowest BCUT2D eigenvalue weighted by Gasteiger charge is -2.10. The minimum Gasteiger partial charge on any atom is -0.385 e. The highest BCUT2D eigenvalue weighted by Gasteiger charge is 2.03. The van der Waals surface area contributed by atoms with Gasteiger partial charge in [-0.2, -0.15) is 0 Å². The quantitative estimate of drug-likeness (QED) is 0.664. The highest BCUT2D eigenvalue weighted by atomic mass is 16.1. The van der Waals surface area contributed by atoms with Crippen LogP contribution >= 0.6 is 0 Å². The Morgan fingerprint density at radius 2 is 1.84 bits per heavy atom. The van der Waals surface area contributed by atoms with E-state index in [4.69, 9.17) is 5.73 Å². The van der Waals surface area contributed by atoms with Crippen LogP contribution in [-0.4, -0.2) is 12.5 Å². The molecular formula is C16H26N2O. The van der Waals surface area contributed by atoms with Crippen LogP contribution < -0.4 is 11.1 Å². The molecule has 0 unspecified atom stereocenters. The second-order valence-corrected chi connectivity index (χ2v) is 5.09. The lowest BCUT2D eigenvalue weighted by Crippen LogP contribution is -2.11. The van der Waals surface area contributed by atoms with Gasteiger partial charge in [-0.1, -0.05) is 39.0 Å². The minimum absolute atomic E-state index is 0.370. The van der Waals surface area contributed by atoms with Gasteiger partial charge in [0.2, 0.25) is 5.91 Å². The van der Waals surface area contributed by atoms with Crippen LogP contribution in [0.15, 0.2) is 18.2 Å². The van der Waals surface area contributed by atoms with Gasteiger partial charge in [0.15, 0.2) is 0 Å². The summed E-state index contributed by atoms with van der Waals surface area (Å²) in [4.78, 5) is 11.1. The summed E-state index contributed by atoms with van der Waals surface area (Å²) in [7, 11) is 0. The molecule has 3 nitrogen and oxygen atoms in total. The summed E-state index contributed by atoms with van der Waals surface area (Å²) in [6.07, 6.45) is 7.80. The first-order chi connectivity index (χ1) is 9.15. The topological polar surface area (TPSA) is 55.1 Å². The number of unbranched alkanes of at least 4 members (excludes halogenated alkanes) is 5. The third kappa shape index (κ3) is 5.77. The predicted octanol–water partition coefficient (Wildman–Crippen LogP) is 3.87. The van der Waals surface area contributed by atoms with Crippen molar-refractivity contribution in [3.05, 3.63) is 29.3 Å². The van der Waals surface area contributed by atoms with Crippen LogP contribution in [0.4, 0.5) is 5.69 Å². The third-order valence-corrected chi connectivity index (χ3v) is 3.36. The van der Waals surface area contributed by atoms with E-state index < -0.39 is 0 Å². The monoisotopic (exact) mass is 262 g/mol. The highest BCUT2D eigenvalue weighted by molar-refractivity contribution is 5.93. The van der Waals surface area contributed by atoms with Crippen molar-refractivity contribution in [1.29, 1.82) is 0 Å². The number of amides is 1. The Bertz CT molecular complexity index is 402. The molecule has 3 N–H and O–H groups in total. The maximum absolute atomic E-state index is 11.1. The molecule has 106 valence electrons. The molecule has 0 aromatic heterocycles. The van der Waals surface area contributed by atoms with Crippen molar-refractivity contribution in [2.24, 2.45) is 5.73 Å². The molecule has 0 bridgehead atoms. The first kappa shape index (κ1) is 15.5. The summed E-state index contributed by atoms with van der Waals surface area (Å²) < 4.78 is 0. The molecule has 0 aliphatic carbocycles. The van der Waals surface area contributed by atoms with E-state index in [9.17, 15) is 4.79 Å². The van der Waals surface area contributed by atoms with Crippen molar-refractivity contribution in [2.45, 2.75) is 52.4 Å². The predicted molar refractivity (Wildman–Crippen MR) is 81.6 cm³/mol. The number of rotatable bonds is 9. The summed E-state index contributed by atoms with van der Waals surface area (Å²) in [6.45, 7) is 5.22. The van der Waals surface area contributed by atoms with Crippen LogP contribution in [0.5, 0.6) is 0 Å². The molecule has 0 aliphatic heterocycles. The van der Waals surface area contributed by atoms with Crippen molar-refractivity contribution in [1.82, 2.24) is 0 Å². The van der Waals surface area contributed by atoms with E-state index >= 15 is 0 Å². The van der Waals surface area contributed by atoms with E-state index in [2.05, 4.69) is 12.2 Å². The van der Waals surface area contributed by atoms with Gasteiger partial charge in [0.25, 0.3) is 0 Å². The fraction of sp³-hybridized carbons (Fsp3) is 0.562. The Morgan fingerprint density at radius 1 is 1.16 bits per heavy atom. The Hall–Kier alpha value is -1.51. The van der Waals surface area contributed by atoms with E-state index in [1.54, 1.807) is 6.07 Å². The molecule has 1 rings (SSSR count). The number of carbonyl (C=O) groups is 1. The summed E-state index contributed by atoms with van der Waals surface area (Å²) >= 11 is 0. The molecule has 0 atom stereocenters. The zero-order valence-electron chi connectivity index (χ0n) is 12.2. The van der Waals surface area contributed by atoms with Crippen LogP contribution in [0.1, 0.15) is 61.4 Å². The van der Waals surface area contributed by atoms with Gasteiger partial charge in [-0.15, -0.1) is 0 Å². The number of nitrogens with one attached hydrogen (secondary N) is 1. The van der Waals surface area contributed by atoms with E-state index in [0.717, 1.165) is 17.8 Å². The van der Waals surface area contributed by atoms with E-state index in [0.29, 0.717) is 5.56 Å². The standard InChI is InChI=1S/C16H26N2O/c1-3-4-5-6-7-8-11-18-15-10-9-14(16(17)19)12-13(15)2/h9-10,12,18H,3-8,11H2,1-2H3,(H2,17,19). The highest BCUT2D eigenvalue weighted by Crippen LogP contribution is 2.16. The number of aryl methyl sites for hydroxylation is 1. The Labute approximate surface area is 116 Å². The van der Waals surface area contributed by atoms with E-state index in [-0.39, 0.29) is 5.91 Å². The third-order valence-electron chi connectivity index (χ3n) is 3.36. The number of carbonyl (C=O) groups excluding carboxylic acids is 1. The van der Waals surface area contributed by atoms with E-state index in [1.807, 2.05) is 19.1 Å². The average Bonchev–Trinajstić information content (AvgIpc) is 2.39. The summed E-state index contributed by atoms with van der Waals surface area (Å²) in [6, 6.07) is 5.55. The molecule has 1 aromatic carbocycles. The minimum atomic E-state index is -0.370. The number of anilines is 1. The van der Waals surface area contributed by atoms with Crippen molar-refractivity contribution >= 4 is 11.6 Å². The molecule has 0 saturated heterocycles. The van der Waals surface area contributed by atoms with E-state index in [1.165, 1.54) is 38.5 Å². The maximum Gasteiger partial charge on any atom is 0.248 e. The Kier molecular flexibility index (Phi) is 7.01. The molecule has 0 heterocycles. The van der Waals surface area contributed by atoms with Crippen LogP contribution in [-0.2, 0) is 0 Å². The smallest absolute Gasteiger partial charge is 0.248 e. The number of benzene rings is 1. The van der Waals surface area contributed by atoms with Gasteiger partial charge in [-0.3, -0.25) is 4.79 Å². The molecular weight excluding hydrogens is 236 g/mol. The van der Waals surface area contributed by atoms with Gasteiger partial charge in [0.1, 0.15) is 0 Å². The summed E-state index contributed by atoms with van der Waals surface area (Å²) in [5, 5.41) is 3.42. The largest absolute Gasteiger partial charge is 0.385 e. The van der Waals surface area contributed by atoms with Gasteiger partial charge in [-0.05, 0) is 37.1 Å². The van der Waals surface area contributed by atoms with Gasteiger partial charge in [0, 0.05) is 17.8 Å². The average molecular weight is 262 g/mol. The van der Waals surface area contributed by atoms with Crippen LogP contribution in [0.2, 0.25) is 0 Å². The summed E-state index contributed by atoms with van der Waals surface area (Å²) in [5.74, 6) is -0.370. The molecule has 19 heavy (non-hydrogen) atoms. The molecule has 0 radical (unpaired) electrons. The van der Waals surface area contributed by atoms with Crippen LogP contribution in [0, 0.1) is 6.92 Å². The summed E-state index contributed by atoms with van der Waals surface area (Å²) in [5.41, 5.74) is 7.99. The molecule has 0 spiro atoms. The number of hydrogen-bond acceptors (Lipinski definition) is 2. The van der Waals surface area contributed by atoms with Gasteiger partial charge in [-0.25, -0.2) is 0 Å². The zero-order valence-corrected chi connectivity index (χ0v) is 12.2. The maximum atomic E-state index is 11.1. The fourth-order valence-corrected chi connectivity index (χ4v) is 2.14. The van der Waals surface area contributed by atoms with Crippen molar-refractivity contribution in [2.75, 3.05) is 11.9 Å². The first-order valence-electron chi connectivity index (χ1n) is 7.29. The van der Waals surface area contributed by atoms with Crippen molar-refractivity contribution < 1.29 is 4.79 Å². The Morgan fingerprint density at radius 3 is 2.47 bits per heavy atom.